The highest BCUT2D eigenvalue weighted by Gasteiger charge is 2.36. The Hall–Kier alpha value is 0.137. The Balaban J connectivity index is 5.16. The molecule has 0 radical (unpaired) electrons. The van der Waals surface area contributed by atoms with Crippen molar-refractivity contribution in [2.75, 3.05) is 26.2 Å². The molecule has 0 aliphatic rings. The second kappa shape index (κ2) is 8.34. The standard InChI is InChI=1S/C15H36N2Si/c1-9-16(10-2)14(17(11-3)12-4)15(7,8)18-13(5)6/h13-14H,9-12,18H2,1-8H3. The highest BCUT2D eigenvalue weighted by Crippen LogP contribution is 2.36. The minimum atomic E-state index is -0.0796. The summed E-state index contributed by atoms with van der Waals surface area (Å²) >= 11 is 0. The second-order valence-corrected chi connectivity index (χ2v) is 10.3. The van der Waals surface area contributed by atoms with Crippen molar-refractivity contribution in [3.63, 3.8) is 0 Å². The molecule has 0 aromatic carbocycles. The van der Waals surface area contributed by atoms with Crippen molar-refractivity contribution in [2.45, 2.75) is 72.1 Å². The summed E-state index contributed by atoms with van der Waals surface area (Å²) in [5, 5.41) is 0.478. The van der Waals surface area contributed by atoms with Crippen LogP contribution in [0.25, 0.3) is 0 Å². The van der Waals surface area contributed by atoms with Gasteiger partial charge in [-0.2, -0.15) is 0 Å². The summed E-state index contributed by atoms with van der Waals surface area (Å²) in [7, 11) is -0.0796. The van der Waals surface area contributed by atoms with Gasteiger partial charge in [0.1, 0.15) is 0 Å². The minimum absolute atomic E-state index is 0.0796. The third-order valence-electron chi connectivity index (χ3n) is 3.95. The zero-order valence-corrected chi connectivity index (χ0v) is 15.5. The van der Waals surface area contributed by atoms with Gasteiger partial charge in [0.15, 0.2) is 0 Å². The van der Waals surface area contributed by atoms with Gasteiger partial charge in [0, 0.05) is 9.52 Å². The predicted octanol–water partition coefficient (Wildman–Crippen LogP) is 3.19. The van der Waals surface area contributed by atoms with E-state index in [2.05, 4.69) is 65.2 Å². The zero-order valence-electron chi connectivity index (χ0n) is 14.1. The molecule has 0 rings (SSSR count). The Labute approximate surface area is 118 Å². The van der Waals surface area contributed by atoms with Gasteiger partial charge < -0.3 is 0 Å². The largest absolute Gasteiger partial charge is 0.288 e. The summed E-state index contributed by atoms with van der Waals surface area (Å²) in [4.78, 5) is 5.31. The molecule has 0 aromatic rings. The Morgan fingerprint density at radius 3 is 1.39 bits per heavy atom. The fraction of sp³-hybridized carbons (Fsp3) is 1.00. The summed E-state index contributed by atoms with van der Waals surface area (Å²) in [5.41, 5.74) is 0.897. The van der Waals surface area contributed by atoms with Crippen molar-refractivity contribution in [3.8, 4) is 0 Å². The highest BCUT2D eigenvalue weighted by molar-refractivity contribution is 6.41. The lowest BCUT2D eigenvalue weighted by Gasteiger charge is -2.48. The monoisotopic (exact) mass is 272 g/mol. The van der Waals surface area contributed by atoms with E-state index in [1.54, 1.807) is 0 Å². The van der Waals surface area contributed by atoms with Gasteiger partial charge in [-0.3, -0.25) is 9.80 Å². The van der Waals surface area contributed by atoms with Gasteiger partial charge in [-0.15, -0.1) is 0 Å². The fourth-order valence-corrected chi connectivity index (χ4v) is 6.35. The lowest BCUT2D eigenvalue weighted by Crippen LogP contribution is -2.55. The van der Waals surface area contributed by atoms with Gasteiger partial charge in [-0.1, -0.05) is 60.9 Å². The fourth-order valence-electron chi connectivity index (χ4n) is 3.52. The van der Waals surface area contributed by atoms with Crippen LogP contribution in [0.3, 0.4) is 0 Å². The summed E-state index contributed by atoms with van der Waals surface area (Å²) in [6.07, 6.45) is 0.622. The lowest BCUT2D eigenvalue weighted by atomic mass is 10.1. The zero-order chi connectivity index (χ0) is 14.3. The molecular weight excluding hydrogens is 236 g/mol. The van der Waals surface area contributed by atoms with Crippen molar-refractivity contribution < 1.29 is 0 Å². The van der Waals surface area contributed by atoms with Crippen molar-refractivity contribution in [2.24, 2.45) is 0 Å². The first-order chi connectivity index (χ1) is 8.33. The maximum atomic E-state index is 2.66. The maximum Gasteiger partial charge on any atom is 0.0644 e. The van der Waals surface area contributed by atoms with E-state index >= 15 is 0 Å². The first kappa shape index (κ1) is 18.1. The third-order valence-corrected chi connectivity index (χ3v) is 6.18. The van der Waals surface area contributed by atoms with Crippen molar-refractivity contribution in [3.05, 3.63) is 0 Å². The average Bonchev–Trinajstić information content (AvgIpc) is 2.28. The minimum Gasteiger partial charge on any atom is -0.288 e. The Kier molecular flexibility index (Phi) is 8.40. The van der Waals surface area contributed by atoms with Crippen LogP contribution in [0.4, 0.5) is 0 Å². The molecule has 0 unspecified atom stereocenters. The second-order valence-electron chi connectivity index (χ2n) is 6.40. The first-order valence-electron chi connectivity index (χ1n) is 7.81. The normalized spacial score (nSPS) is 14.0. The molecule has 0 saturated heterocycles. The van der Waals surface area contributed by atoms with Gasteiger partial charge >= 0.3 is 0 Å². The van der Waals surface area contributed by atoms with Gasteiger partial charge in [0.25, 0.3) is 0 Å². The molecule has 0 bridgehead atoms. The molecule has 0 amide bonds. The van der Waals surface area contributed by atoms with E-state index in [1.165, 1.54) is 0 Å². The van der Waals surface area contributed by atoms with Gasteiger partial charge in [-0.25, -0.2) is 0 Å². The van der Waals surface area contributed by atoms with Gasteiger partial charge in [0.2, 0.25) is 0 Å². The predicted molar refractivity (Wildman–Crippen MR) is 87.3 cm³/mol. The summed E-state index contributed by atoms with van der Waals surface area (Å²) in [5.74, 6) is 0. The molecule has 0 aliphatic carbocycles. The highest BCUT2D eigenvalue weighted by atomic mass is 28.2. The topological polar surface area (TPSA) is 6.48 Å². The molecule has 0 saturated carbocycles. The molecule has 0 spiro atoms. The SMILES string of the molecule is CCN(CC)C(N(CC)CC)C(C)(C)[SiH2]C(C)C. The Morgan fingerprint density at radius 2 is 1.17 bits per heavy atom. The Morgan fingerprint density at radius 1 is 0.833 bits per heavy atom. The molecule has 18 heavy (non-hydrogen) atoms. The first-order valence-corrected chi connectivity index (χ1v) is 9.34. The van der Waals surface area contributed by atoms with Crippen LogP contribution in [-0.4, -0.2) is 51.7 Å². The average molecular weight is 273 g/mol. The number of rotatable bonds is 9. The van der Waals surface area contributed by atoms with Crippen LogP contribution < -0.4 is 0 Å². The lowest BCUT2D eigenvalue weighted by molar-refractivity contribution is 0.0283. The van der Waals surface area contributed by atoms with Gasteiger partial charge in [0.05, 0.1) is 6.17 Å². The molecule has 0 N–H and O–H groups in total. The van der Waals surface area contributed by atoms with Crippen molar-refractivity contribution in [1.29, 1.82) is 0 Å². The van der Waals surface area contributed by atoms with E-state index in [1.807, 2.05) is 0 Å². The molecule has 0 atom stereocenters. The van der Waals surface area contributed by atoms with Crippen LogP contribution in [0.15, 0.2) is 0 Å². The van der Waals surface area contributed by atoms with E-state index in [4.69, 9.17) is 0 Å². The summed E-state index contributed by atoms with van der Waals surface area (Å²) in [6.45, 7) is 23.6. The quantitative estimate of drug-likeness (QED) is 0.470. The van der Waals surface area contributed by atoms with Crippen LogP contribution in [-0.2, 0) is 0 Å². The van der Waals surface area contributed by atoms with Gasteiger partial charge in [-0.05, 0) is 31.2 Å². The summed E-state index contributed by atoms with van der Waals surface area (Å²) < 4.78 is 0. The van der Waals surface area contributed by atoms with Crippen molar-refractivity contribution in [1.82, 2.24) is 9.80 Å². The molecule has 3 heteroatoms. The maximum absolute atomic E-state index is 2.66. The van der Waals surface area contributed by atoms with E-state index < -0.39 is 0 Å². The van der Waals surface area contributed by atoms with Crippen LogP contribution in [0.1, 0.15) is 55.4 Å². The molecule has 0 heterocycles. The van der Waals surface area contributed by atoms with Crippen LogP contribution in [0.2, 0.25) is 10.6 Å². The smallest absolute Gasteiger partial charge is 0.0644 e. The molecular formula is C15H36N2Si. The van der Waals surface area contributed by atoms with Crippen LogP contribution in [0.5, 0.6) is 0 Å². The Bertz CT molecular complexity index is 197. The number of hydrogen-bond donors (Lipinski definition) is 0. The molecule has 0 aromatic heterocycles. The van der Waals surface area contributed by atoms with E-state index in [0.717, 1.165) is 31.7 Å². The molecule has 0 fully saturated rings. The third kappa shape index (κ3) is 5.02. The molecule has 2 nitrogen and oxygen atoms in total. The van der Waals surface area contributed by atoms with Crippen LogP contribution >= 0.6 is 0 Å². The van der Waals surface area contributed by atoms with Crippen molar-refractivity contribution >= 4 is 9.52 Å². The van der Waals surface area contributed by atoms with E-state index in [0.29, 0.717) is 11.2 Å². The van der Waals surface area contributed by atoms with E-state index in [-0.39, 0.29) is 9.52 Å². The summed E-state index contributed by atoms with van der Waals surface area (Å²) in [6, 6.07) is 0. The molecule has 110 valence electrons. The van der Waals surface area contributed by atoms with E-state index in [9.17, 15) is 0 Å². The number of hydrogen-bond acceptors (Lipinski definition) is 2. The molecule has 0 aliphatic heterocycles. The number of nitrogens with zero attached hydrogens (tertiary/aromatic N) is 2. The van der Waals surface area contributed by atoms with Crippen LogP contribution in [0, 0.1) is 0 Å².